The normalized spacial score (nSPS) is 17.0. The van der Waals surface area contributed by atoms with Crippen molar-refractivity contribution in [3.8, 4) is 5.75 Å². The molecule has 0 aliphatic carbocycles. The van der Waals surface area contributed by atoms with Crippen molar-refractivity contribution in [1.82, 2.24) is 19.7 Å². The van der Waals surface area contributed by atoms with Crippen molar-refractivity contribution in [2.24, 2.45) is 0 Å². The van der Waals surface area contributed by atoms with Crippen LogP contribution in [0.25, 0.3) is 11.0 Å². The number of pyridine rings is 1. The Hall–Kier alpha value is -2.87. The van der Waals surface area contributed by atoms with Gasteiger partial charge >= 0.3 is 0 Å². The fourth-order valence-corrected chi connectivity index (χ4v) is 3.95. The lowest BCUT2D eigenvalue weighted by Crippen LogP contribution is -2.55. The number of nitrogens with zero attached hydrogens (tertiary/aromatic N) is 5. The third-order valence-corrected chi connectivity index (χ3v) is 5.50. The van der Waals surface area contributed by atoms with Crippen molar-refractivity contribution >= 4 is 34.2 Å². The van der Waals surface area contributed by atoms with Crippen LogP contribution in [0.1, 0.15) is 6.92 Å². The van der Waals surface area contributed by atoms with Gasteiger partial charge in [0.15, 0.2) is 0 Å². The van der Waals surface area contributed by atoms with Gasteiger partial charge in [0.1, 0.15) is 23.6 Å². The SMILES string of the molecule is COc1cc(N2CCN(C(=O)Cn3ncc4ncccc43)C(C)C2)c(F)cc1Cl. The van der Waals surface area contributed by atoms with E-state index in [4.69, 9.17) is 16.3 Å². The summed E-state index contributed by atoms with van der Waals surface area (Å²) in [6.45, 7) is 3.61. The highest BCUT2D eigenvalue weighted by atomic mass is 35.5. The largest absolute Gasteiger partial charge is 0.495 e. The molecule has 3 aromatic rings. The number of ether oxygens (including phenoxy) is 1. The van der Waals surface area contributed by atoms with E-state index in [0.717, 1.165) is 11.0 Å². The Morgan fingerprint density at radius 3 is 2.97 bits per heavy atom. The molecule has 0 saturated carbocycles. The standard InChI is InChI=1S/C20H21ClFN5O2/c1-13-11-25(18-9-19(29-2)14(21)8-15(18)22)6-7-26(13)20(28)12-27-17-4-3-5-23-16(17)10-24-27/h3-5,8-10,13H,6-7,11-12H2,1-2H3. The molecule has 1 atom stereocenters. The van der Waals surface area contributed by atoms with Crippen LogP contribution >= 0.6 is 11.6 Å². The first-order valence-electron chi connectivity index (χ1n) is 9.32. The Bertz CT molecular complexity index is 1060. The van der Waals surface area contributed by atoms with Crippen molar-refractivity contribution in [1.29, 1.82) is 0 Å². The molecule has 0 bridgehead atoms. The maximum absolute atomic E-state index is 14.5. The van der Waals surface area contributed by atoms with Gasteiger partial charge in [-0.1, -0.05) is 11.6 Å². The number of rotatable bonds is 4. The first-order chi connectivity index (χ1) is 14.0. The molecule has 152 valence electrons. The number of piperazine rings is 1. The number of carbonyl (C=O) groups excluding carboxylic acids is 1. The molecule has 7 nitrogen and oxygen atoms in total. The fraction of sp³-hybridized carbons (Fsp3) is 0.350. The quantitative estimate of drug-likeness (QED) is 0.653. The number of hydrogen-bond donors (Lipinski definition) is 0. The molecule has 1 aliphatic rings. The lowest BCUT2D eigenvalue weighted by molar-refractivity contribution is -0.134. The summed E-state index contributed by atoms with van der Waals surface area (Å²) in [4.78, 5) is 20.9. The number of halogens is 2. The summed E-state index contributed by atoms with van der Waals surface area (Å²) in [5, 5.41) is 4.51. The maximum Gasteiger partial charge on any atom is 0.244 e. The van der Waals surface area contributed by atoms with E-state index >= 15 is 0 Å². The van der Waals surface area contributed by atoms with Gasteiger partial charge in [0.05, 0.1) is 29.5 Å². The minimum atomic E-state index is -0.404. The highest BCUT2D eigenvalue weighted by Gasteiger charge is 2.29. The van der Waals surface area contributed by atoms with E-state index in [9.17, 15) is 9.18 Å². The molecule has 1 amide bonds. The lowest BCUT2D eigenvalue weighted by Gasteiger charge is -2.41. The molecule has 1 saturated heterocycles. The zero-order chi connectivity index (χ0) is 20.5. The highest BCUT2D eigenvalue weighted by Crippen LogP contribution is 2.33. The van der Waals surface area contributed by atoms with E-state index in [1.807, 2.05) is 28.9 Å². The van der Waals surface area contributed by atoms with Crippen LogP contribution in [0.2, 0.25) is 5.02 Å². The smallest absolute Gasteiger partial charge is 0.244 e. The summed E-state index contributed by atoms with van der Waals surface area (Å²) in [6.07, 6.45) is 3.35. The number of anilines is 1. The molecule has 0 N–H and O–H groups in total. The minimum Gasteiger partial charge on any atom is -0.495 e. The van der Waals surface area contributed by atoms with E-state index in [1.165, 1.54) is 13.2 Å². The van der Waals surface area contributed by atoms with Crippen LogP contribution in [0.15, 0.2) is 36.7 Å². The molecule has 1 aromatic carbocycles. The first-order valence-corrected chi connectivity index (χ1v) is 9.69. The molecule has 0 spiro atoms. The molecule has 29 heavy (non-hydrogen) atoms. The second kappa shape index (κ2) is 7.87. The summed E-state index contributed by atoms with van der Waals surface area (Å²) in [6, 6.07) is 6.49. The zero-order valence-electron chi connectivity index (χ0n) is 16.2. The predicted octanol–water partition coefficient (Wildman–Crippen LogP) is 2.97. The summed E-state index contributed by atoms with van der Waals surface area (Å²) in [5.41, 5.74) is 2.00. The molecule has 2 aromatic heterocycles. The molecule has 3 heterocycles. The number of amides is 1. The second-order valence-electron chi connectivity index (χ2n) is 7.03. The molecule has 9 heteroatoms. The van der Waals surface area contributed by atoms with Gasteiger partial charge in [-0.15, -0.1) is 0 Å². The van der Waals surface area contributed by atoms with Crippen molar-refractivity contribution in [2.45, 2.75) is 19.5 Å². The van der Waals surface area contributed by atoms with Crippen LogP contribution in [0.4, 0.5) is 10.1 Å². The minimum absolute atomic E-state index is 0.0276. The summed E-state index contributed by atoms with van der Waals surface area (Å²) in [5.74, 6) is -0.00755. The van der Waals surface area contributed by atoms with Crippen LogP contribution in [0.5, 0.6) is 5.75 Å². The van der Waals surface area contributed by atoms with Gasteiger partial charge in [-0.25, -0.2) is 4.39 Å². The monoisotopic (exact) mass is 417 g/mol. The Morgan fingerprint density at radius 1 is 1.38 bits per heavy atom. The molecule has 1 aliphatic heterocycles. The summed E-state index contributed by atoms with van der Waals surface area (Å²) in [7, 11) is 1.50. The zero-order valence-corrected chi connectivity index (χ0v) is 16.9. The molecular formula is C20H21ClFN5O2. The van der Waals surface area contributed by atoms with Gasteiger partial charge in [-0.3, -0.25) is 14.5 Å². The third-order valence-electron chi connectivity index (χ3n) is 5.21. The summed E-state index contributed by atoms with van der Waals surface area (Å²) < 4.78 is 21.3. The number of carbonyl (C=O) groups is 1. The van der Waals surface area contributed by atoms with Crippen molar-refractivity contribution in [3.05, 3.63) is 47.5 Å². The van der Waals surface area contributed by atoms with E-state index in [1.54, 1.807) is 23.1 Å². The van der Waals surface area contributed by atoms with Crippen LogP contribution in [-0.4, -0.2) is 58.4 Å². The van der Waals surface area contributed by atoms with Gasteiger partial charge in [0.25, 0.3) is 0 Å². The van der Waals surface area contributed by atoms with E-state index in [-0.39, 0.29) is 23.5 Å². The Kier molecular flexibility index (Phi) is 5.27. The number of fused-ring (bicyclic) bond motifs is 1. The van der Waals surface area contributed by atoms with Crippen LogP contribution in [0, 0.1) is 5.82 Å². The predicted molar refractivity (Wildman–Crippen MR) is 109 cm³/mol. The van der Waals surface area contributed by atoms with Gasteiger partial charge in [-0.2, -0.15) is 5.10 Å². The van der Waals surface area contributed by atoms with E-state index < -0.39 is 5.82 Å². The summed E-state index contributed by atoms with van der Waals surface area (Å²) >= 11 is 5.99. The van der Waals surface area contributed by atoms with Crippen LogP contribution < -0.4 is 9.64 Å². The second-order valence-corrected chi connectivity index (χ2v) is 7.44. The van der Waals surface area contributed by atoms with E-state index in [0.29, 0.717) is 31.1 Å². The number of methoxy groups -OCH3 is 1. The number of aromatic nitrogens is 3. The lowest BCUT2D eigenvalue weighted by atomic mass is 10.1. The van der Waals surface area contributed by atoms with Crippen LogP contribution in [0.3, 0.4) is 0 Å². The number of benzene rings is 1. The average molecular weight is 418 g/mol. The van der Waals surface area contributed by atoms with Gasteiger partial charge in [0, 0.05) is 37.9 Å². The van der Waals surface area contributed by atoms with Crippen molar-refractivity contribution < 1.29 is 13.9 Å². The van der Waals surface area contributed by atoms with Gasteiger partial charge in [0.2, 0.25) is 5.91 Å². The van der Waals surface area contributed by atoms with E-state index in [2.05, 4.69) is 10.1 Å². The topological polar surface area (TPSA) is 63.5 Å². The van der Waals surface area contributed by atoms with Crippen molar-refractivity contribution in [2.75, 3.05) is 31.6 Å². The van der Waals surface area contributed by atoms with Crippen molar-refractivity contribution in [3.63, 3.8) is 0 Å². The average Bonchev–Trinajstić information content (AvgIpc) is 3.11. The maximum atomic E-state index is 14.5. The van der Waals surface area contributed by atoms with Gasteiger partial charge in [-0.05, 0) is 25.1 Å². The number of hydrogen-bond acceptors (Lipinski definition) is 5. The highest BCUT2D eigenvalue weighted by molar-refractivity contribution is 6.32. The molecule has 4 rings (SSSR count). The Balaban J connectivity index is 1.47. The molecule has 0 radical (unpaired) electrons. The third kappa shape index (κ3) is 3.72. The van der Waals surface area contributed by atoms with Crippen LogP contribution in [-0.2, 0) is 11.3 Å². The molecule has 1 fully saturated rings. The fourth-order valence-electron chi connectivity index (χ4n) is 3.72. The first kappa shape index (κ1) is 19.4. The molecule has 1 unspecified atom stereocenters. The Labute approximate surface area is 172 Å². The Morgan fingerprint density at radius 2 is 2.21 bits per heavy atom. The molecular weight excluding hydrogens is 397 g/mol. The van der Waals surface area contributed by atoms with Gasteiger partial charge < -0.3 is 14.5 Å².